The number of urea groups is 1. The van der Waals surface area contributed by atoms with Crippen molar-refractivity contribution in [2.45, 2.75) is 53.7 Å². The Hall–Kier alpha value is -2.59. The number of hydrogen-bond donors (Lipinski definition) is 3. The number of pyridine rings is 1. The van der Waals surface area contributed by atoms with E-state index in [-0.39, 0.29) is 29.8 Å². The zero-order valence-corrected chi connectivity index (χ0v) is 19.1. The van der Waals surface area contributed by atoms with Crippen molar-refractivity contribution >= 4 is 39.2 Å². The third kappa shape index (κ3) is 5.60. The standard InChI is InChI=1S/C22H26N4O4S2/c27-20(6-2-1-5-19-21-18(14-32(19,29)30)25-22(28)26-21)24-16-7-9-17(10-8-16)31-13-15-4-3-11-23-12-15/h3-4,7-12,18-19,21H,1-2,5-6,13-14H2,(H,24,27)(H2,25,26,28)/t18-,19-,21+/m1/s1. The number of amides is 3. The number of hydrogen-bond acceptors (Lipinski definition) is 6. The second-order valence-electron chi connectivity index (χ2n) is 8.09. The molecule has 0 spiro atoms. The number of fused-ring (bicyclic) bond motifs is 1. The molecule has 170 valence electrons. The Morgan fingerprint density at radius 3 is 2.72 bits per heavy atom. The first kappa shape index (κ1) is 22.6. The van der Waals surface area contributed by atoms with E-state index in [1.165, 1.54) is 0 Å². The number of sulfone groups is 1. The molecule has 0 bridgehead atoms. The van der Waals surface area contributed by atoms with Crippen molar-refractivity contribution in [1.29, 1.82) is 0 Å². The van der Waals surface area contributed by atoms with Gasteiger partial charge in [0.15, 0.2) is 9.84 Å². The van der Waals surface area contributed by atoms with Gasteiger partial charge in [0, 0.05) is 35.2 Å². The van der Waals surface area contributed by atoms with Crippen molar-refractivity contribution in [3.63, 3.8) is 0 Å². The molecule has 0 radical (unpaired) electrons. The topological polar surface area (TPSA) is 117 Å². The SMILES string of the molecule is O=C(CCCC[C@@H]1[C@H]2NC(=O)N[C@@H]2CS1(=O)=O)Nc1ccc(SCc2cccnc2)cc1. The van der Waals surface area contributed by atoms with Gasteiger partial charge < -0.3 is 16.0 Å². The minimum Gasteiger partial charge on any atom is -0.332 e. The number of carbonyl (C=O) groups is 2. The zero-order chi connectivity index (χ0) is 22.6. The second-order valence-corrected chi connectivity index (χ2v) is 11.4. The monoisotopic (exact) mass is 474 g/mol. The molecule has 3 amide bonds. The average molecular weight is 475 g/mol. The fourth-order valence-electron chi connectivity index (χ4n) is 4.14. The molecule has 1 aromatic heterocycles. The summed E-state index contributed by atoms with van der Waals surface area (Å²) >= 11 is 1.70. The number of anilines is 1. The van der Waals surface area contributed by atoms with Crippen LogP contribution in [0.1, 0.15) is 31.2 Å². The van der Waals surface area contributed by atoms with Crippen LogP contribution >= 0.6 is 11.8 Å². The van der Waals surface area contributed by atoms with Crippen molar-refractivity contribution in [2.24, 2.45) is 0 Å². The van der Waals surface area contributed by atoms with E-state index < -0.39 is 15.1 Å². The molecule has 10 heteroatoms. The summed E-state index contributed by atoms with van der Waals surface area (Å²) in [6.07, 6.45) is 5.58. The number of carbonyl (C=O) groups excluding carboxylic acids is 2. The third-order valence-electron chi connectivity index (χ3n) is 5.73. The molecule has 2 fully saturated rings. The van der Waals surface area contributed by atoms with Crippen molar-refractivity contribution in [1.82, 2.24) is 15.6 Å². The molecule has 1 aromatic carbocycles. The van der Waals surface area contributed by atoms with Crippen LogP contribution in [-0.4, -0.2) is 48.4 Å². The van der Waals surface area contributed by atoms with E-state index in [4.69, 9.17) is 0 Å². The van der Waals surface area contributed by atoms with Gasteiger partial charge in [-0.15, -0.1) is 11.8 Å². The maximum absolute atomic E-state index is 12.3. The fraction of sp³-hybridized carbons (Fsp3) is 0.409. The van der Waals surface area contributed by atoms with E-state index in [2.05, 4.69) is 20.9 Å². The lowest BCUT2D eigenvalue weighted by Gasteiger charge is -2.16. The summed E-state index contributed by atoms with van der Waals surface area (Å²) in [5, 5.41) is 7.68. The van der Waals surface area contributed by atoms with Crippen LogP contribution in [0.25, 0.3) is 0 Å². The van der Waals surface area contributed by atoms with Gasteiger partial charge in [0.1, 0.15) is 0 Å². The Morgan fingerprint density at radius 2 is 1.97 bits per heavy atom. The molecular formula is C22H26N4O4S2. The van der Waals surface area contributed by atoms with Gasteiger partial charge in [-0.1, -0.05) is 12.5 Å². The lowest BCUT2D eigenvalue weighted by atomic mass is 10.0. The Balaban J connectivity index is 1.18. The van der Waals surface area contributed by atoms with E-state index in [9.17, 15) is 18.0 Å². The van der Waals surface area contributed by atoms with E-state index >= 15 is 0 Å². The highest BCUT2D eigenvalue weighted by atomic mass is 32.2. The first-order valence-electron chi connectivity index (χ1n) is 10.6. The number of nitrogens with one attached hydrogen (secondary N) is 3. The summed E-state index contributed by atoms with van der Waals surface area (Å²) in [6, 6.07) is 10.7. The summed E-state index contributed by atoms with van der Waals surface area (Å²) < 4.78 is 24.7. The Labute approximate surface area is 191 Å². The molecule has 32 heavy (non-hydrogen) atoms. The van der Waals surface area contributed by atoms with Crippen LogP contribution in [0.4, 0.5) is 10.5 Å². The molecule has 0 aliphatic carbocycles. The van der Waals surface area contributed by atoms with Gasteiger partial charge in [0.05, 0.1) is 23.1 Å². The molecule has 2 aliphatic rings. The normalized spacial score (nSPS) is 23.2. The summed E-state index contributed by atoms with van der Waals surface area (Å²) in [4.78, 5) is 28.9. The molecule has 2 aromatic rings. The number of thioether (sulfide) groups is 1. The van der Waals surface area contributed by atoms with E-state index in [0.29, 0.717) is 25.7 Å². The molecule has 3 atom stereocenters. The van der Waals surface area contributed by atoms with Gasteiger partial charge in [-0.2, -0.15) is 0 Å². The highest BCUT2D eigenvalue weighted by molar-refractivity contribution is 7.98. The third-order valence-corrected chi connectivity index (χ3v) is 9.09. The van der Waals surface area contributed by atoms with Crippen LogP contribution in [0.2, 0.25) is 0 Å². The summed E-state index contributed by atoms with van der Waals surface area (Å²) in [5.74, 6) is 0.721. The zero-order valence-electron chi connectivity index (χ0n) is 17.5. The number of aromatic nitrogens is 1. The molecule has 0 saturated carbocycles. The van der Waals surface area contributed by atoms with Crippen LogP contribution < -0.4 is 16.0 Å². The Kier molecular flexibility index (Phi) is 7.00. The summed E-state index contributed by atoms with van der Waals surface area (Å²) in [5.41, 5.74) is 1.89. The predicted octanol–water partition coefficient (Wildman–Crippen LogP) is 2.72. The van der Waals surface area contributed by atoms with Crippen molar-refractivity contribution in [3.8, 4) is 0 Å². The molecule has 4 rings (SSSR count). The van der Waals surface area contributed by atoms with E-state index in [1.807, 2.05) is 42.6 Å². The quantitative estimate of drug-likeness (QED) is 0.292. The van der Waals surface area contributed by atoms with Gasteiger partial charge in [0.25, 0.3) is 0 Å². The maximum atomic E-state index is 12.3. The van der Waals surface area contributed by atoms with Crippen molar-refractivity contribution in [2.75, 3.05) is 11.1 Å². The maximum Gasteiger partial charge on any atom is 0.315 e. The van der Waals surface area contributed by atoms with Gasteiger partial charge in [-0.3, -0.25) is 9.78 Å². The van der Waals surface area contributed by atoms with Gasteiger partial charge in [-0.25, -0.2) is 13.2 Å². The van der Waals surface area contributed by atoms with E-state index in [1.54, 1.807) is 18.0 Å². The molecule has 0 unspecified atom stereocenters. The van der Waals surface area contributed by atoms with Gasteiger partial charge >= 0.3 is 6.03 Å². The second kappa shape index (κ2) is 9.91. The minimum atomic E-state index is -3.23. The number of rotatable bonds is 9. The van der Waals surface area contributed by atoms with Gasteiger partial charge in [0.2, 0.25) is 5.91 Å². The number of nitrogens with zero attached hydrogens (tertiary/aromatic N) is 1. The minimum absolute atomic E-state index is 0.0158. The van der Waals surface area contributed by atoms with Crippen LogP contribution in [0, 0.1) is 0 Å². The van der Waals surface area contributed by atoms with Crippen LogP contribution in [0.15, 0.2) is 53.7 Å². The first-order valence-corrected chi connectivity index (χ1v) is 13.3. The van der Waals surface area contributed by atoms with Crippen LogP contribution in [0.3, 0.4) is 0 Å². The summed E-state index contributed by atoms with van der Waals surface area (Å²) in [6.45, 7) is 0. The molecule has 2 aliphatic heterocycles. The smallest absolute Gasteiger partial charge is 0.315 e. The molecule has 3 heterocycles. The number of benzene rings is 1. The largest absolute Gasteiger partial charge is 0.332 e. The fourth-order valence-corrected chi connectivity index (χ4v) is 7.25. The highest BCUT2D eigenvalue weighted by Gasteiger charge is 2.51. The summed E-state index contributed by atoms with van der Waals surface area (Å²) in [7, 11) is -3.23. The Morgan fingerprint density at radius 1 is 1.16 bits per heavy atom. The number of unbranched alkanes of at least 4 members (excludes halogenated alkanes) is 1. The Bertz CT molecular complexity index is 1060. The molecular weight excluding hydrogens is 448 g/mol. The molecule has 3 N–H and O–H groups in total. The van der Waals surface area contributed by atoms with Crippen molar-refractivity contribution < 1.29 is 18.0 Å². The lowest BCUT2D eigenvalue weighted by Crippen LogP contribution is -2.39. The van der Waals surface area contributed by atoms with Gasteiger partial charge in [-0.05, 0) is 48.7 Å². The average Bonchev–Trinajstić information content (AvgIpc) is 3.22. The highest BCUT2D eigenvalue weighted by Crippen LogP contribution is 2.28. The van der Waals surface area contributed by atoms with Crippen molar-refractivity contribution in [3.05, 3.63) is 54.4 Å². The van der Waals surface area contributed by atoms with Crippen LogP contribution in [0.5, 0.6) is 0 Å². The predicted molar refractivity (Wildman–Crippen MR) is 124 cm³/mol. The lowest BCUT2D eigenvalue weighted by molar-refractivity contribution is -0.116. The van der Waals surface area contributed by atoms with Crippen LogP contribution in [-0.2, 0) is 20.4 Å². The molecule has 8 nitrogen and oxygen atoms in total. The first-order chi connectivity index (χ1) is 15.4. The molecule has 2 saturated heterocycles. The van der Waals surface area contributed by atoms with E-state index in [0.717, 1.165) is 21.9 Å².